The molecule has 2 aromatic heterocycles. The van der Waals surface area contributed by atoms with Gasteiger partial charge in [-0.1, -0.05) is 25.4 Å². The first-order valence-electron chi connectivity index (χ1n) is 9.32. The lowest BCUT2D eigenvalue weighted by molar-refractivity contribution is 0.122. The lowest BCUT2D eigenvalue weighted by Crippen LogP contribution is -2.32. The summed E-state index contributed by atoms with van der Waals surface area (Å²) in [6.45, 7) is 6.34. The van der Waals surface area contributed by atoms with E-state index in [9.17, 15) is 8.78 Å². The zero-order valence-electron chi connectivity index (χ0n) is 15.2. The molecule has 0 radical (unpaired) electrons. The summed E-state index contributed by atoms with van der Waals surface area (Å²) in [7, 11) is 0. The molecule has 1 saturated heterocycles. The Morgan fingerprint density at radius 3 is 2.96 bits per heavy atom. The van der Waals surface area contributed by atoms with E-state index >= 15 is 0 Å². The lowest BCUT2D eigenvalue weighted by Gasteiger charge is -2.24. The Labute approximate surface area is 151 Å². The van der Waals surface area contributed by atoms with Crippen LogP contribution >= 0.6 is 0 Å². The molecule has 2 aromatic rings. The zero-order valence-corrected chi connectivity index (χ0v) is 15.2. The molecule has 1 aliphatic carbocycles. The van der Waals surface area contributed by atoms with E-state index in [1.165, 1.54) is 17.5 Å². The minimum atomic E-state index is -2.38. The molecule has 4 rings (SSSR count). The van der Waals surface area contributed by atoms with Crippen molar-refractivity contribution in [1.82, 2.24) is 24.8 Å². The van der Waals surface area contributed by atoms with Crippen molar-refractivity contribution in [1.29, 1.82) is 0 Å². The van der Waals surface area contributed by atoms with E-state index in [0.29, 0.717) is 12.5 Å². The fourth-order valence-corrected chi connectivity index (χ4v) is 4.52. The molecule has 2 atom stereocenters. The fourth-order valence-electron chi connectivity index (χ4n) is 4.52. The minimum Gasteiger partial charge on any atom is -0.339 e. The molecule has 0 bridgehead atoms. The second-order valence-corrected chi connectivity index (χ2v) is 7.99. The third kappa shape index (κ3) is 3.15. The van der Waals surface area contributed by atoms with Gasteiger partial charge in [0.25, 0.3) is 6.43 Å². The van der Waals surface area contributed by atoms with Gasteiger partial charge in [0.05, 0.1) is 11.6 Å². The molecule has 0 unspecified atom stereocenters. The maximum atomic E-state index is 12.5. The third-order valence-electron chi connectivity index (χ3n) is 5.74. The van der Waals surface area contributed by atoms with Gasteiger partial charge in [-0.25, -0.2) is 8.78 Å². The summed E-state index contributed by atoms with van der Waals surface area (Å²) in [5.41, 5.74) is 0.910. The smallest absolute Gasteiger partial charge is 0.257 e. The van der Waals surface area contributed by atoms with Crippen molar-refractivity contribution in [2.75, 3.05) is 13.1 Å². The van der Waals surface area contributed by atoms with Crippen molar-refractivity contribution >= 4 is 0 Å². The number of hydrogen-bond acceptors (Lipinski definition) is 5. The van der Waals surface area contributed by atoms with Crippen LogP contribution in [-0.2, 0) is 18.5 Å². The van der Waals surface area contributed by atoms with E-state index in [4.69, 9.17) is 9.51 Å². The highest BCUT2D eigenvalue weighted by molar-refractivity contribution is 5.18. The van der Waals surface area contributed by atoms with Gasteiger partial charge in [-0.05, 0) is 18.8 Å². The first-order valence-corrected chi connectivity index (χ1v) is 9.32. The molecular weight excluding hydrogens is 340 g/mol. The maximum Gasteiger partial charge on any atom is 0.257 e. The minimum absolute atomic E-state index is 0.0564. The predicted molar refractivity (Wildman–Crippen MR) is 90.9 cm³/mol. The number of hydrogen-bond donors (Lipinski definition) is 0. The lowest BCUT2D eigenvalue weighted by atomic mass is 9.80. The molecule has 1 saturated carbocycles. The van der Waals surface area contributed by atoms with Gasteiger partial charge >= 0.3 is 0 Å². The number of fused-ring (bicyclic) bond motifs is 1. The van der Waals surface area contributed by atoms with Gasteiger partial charge in [0.2, 0.25) is 5.89 Å². The van der Waals surface area contributed by atoms with Crippen molar-refractivity contribution < 1.29 is 13.3 Å². The molecule has 3 heterocycles. The molecule has 2 fully saturated rings. The quantitative estimate of drug-likeness (QED) is 0.787. The van der Waals surface area contributed by atoms with E-state index in [1.807, 2.05) is 0 Å². The fraction of sp³-hybridized carbons (Fsp3) is 0.722. The van der Waals surface area contributed by atoms with Crippen molar-refractivity contribution in [2.24, 2.45) is 5.92 Å². The summed E-state index contributed by atoms with van der Waals surface area (Å²) in [6.07, 6.45) is 4.44. The van der Waals surface area contributed by atoms with Crippen LogP contribution in [0.25, 0.3) is 0 Å². The summed E-state index contributed by atoms with van der Waals surface area (Å²) in [5, 5.41) is 8.20. The average molecular weight is 365 g/mol. The van der Waals surface area contributed by atoms with Crippen LogP contribution in [0.15, 0.2) is 16.9 Å². The zero-order chi connectivity index (χ0) is 18.3. The molecule has 26 heavy (non-hydrogen) atoms. The molecule has 2 aliphatic rings. The highest BCUT2D eigenvalue weighted by atomic mass is 19.3. The summed E-state index contributed by atoms with van der Waals surface area (Å²) >= 11 is 0. The Morgan fingerprint density at radius 1 is 1.38 bits per heavy atom. The van der Waals surface area contributed by atoms with Gasteiger partial charge in [-0.3, -0.25) is 9.58 Å². The molecule has 0 amide bonds. The van der Waals surface area contributed by atoms with E-state index in [-0.39, 0.29) is 17.9 Å². The van der Waals surface area contributed by atoms with Crippen LogP contribution < -0.4 is 0 Å². The van der Waals surface area contributed by atoms with E-state index in [1.54, 1.807) is 12.4 Å². The summed E-state index contributed by atoms with van der Waals surface area (Å²) in [6, 6.07) is 0. The molecule has 8 heteroatoms. The standard InChI is InChI=1S/C18H25F2N5O/c1-12(2)16-22-17(26-23-16)18-5-3-4-14(18)9-24(11-18)7-13-6-21-25(8-13)10-15(19)20/h6,8,12,14-15H,3-5,7,9-11H2,1-2H3/t14-,18-/m1/s1. The van der Waals surface area contributed by atoms with Gasteiger partial charge in [0, 0.05) is 37.3 Å². The molecule has 1 aliphatic heterocycles. The second-order valence-electron chi connectivity index (χ2n) is 7.99. The number of alkyl halides is 2. The monoisotopic (exact) mass is 365 g/mol. The van der Waals surface area contributed by atoms with Crippen molar-refractivity contribution in [3.05, 3.63) is 29.7 Å². The van der Waals surface area contributed by atoms with Crippen LogP contribution in [0, 0.1) is 5.92 Å². The number of likely N-dealkylation sites (tertiary alicyclic amines) is 1. The Bertz CT molecular complexity index is 758. The molecule has 142 valence electrons. The highest BCUT2D eigenvalue weighted by Crippen LogP contribution is 2.50. The first-order chi connectivity index (χ1) is 12.5. The average Bonchev–Trinajstić information content (AvgIpc) is 3.29. The Balaban J connectivity index is 1.48. The normalized spacial score (nSPS) is 26.3. The Kier molecular flexibility index (Phi) is 4.54. The molecule has 0 N–H and O–H groups in total. The Morgan fingerprint density at radius 2 is 2.23 bits per heavy atom. The van der Waals surface area contributed by atoms with Gasteiger partial charge < -0.3 is 4.52 Å². The van der Waals surface area contributed by atoms with E-state index in [0.717, 1.165) is 36.8 Å². The number of halogens is 2. The van der Waals surface area contributed by atoms with Gasteiger partial charge in [0.1, 0.15) is 6.54 Å². The SMILES string of the molecule is CC(C)c1noc([C@@]23CCC[C@@H]2CN(Cc2cnn(CC(F)F)c2)C3)n1. The van der Waals surface area contributed by atoms with Crippen LogP contribution in [0.1, 0.15) is 56.3 Å². The summed E-state index contributed by atoms with van der Waals surface area (Å²) < 4.78 is 32.0. The van der Waals surface area contributed by atoms with Gasteiger partial charge in [-0.15, -0.1) is 0 Å². The van der Waals surface area contributed by atoms with Crippen LogP contribution in [-0.4, -0.2) is 44.3 Å². The summed E-state index contributed by atoms with van der Waals surface area (Å²) in [4.78, 5) is 7.07. The van der Waals surface area contributed by atoms with Gasteiger partial charge in [-0.2, -0.15) is 10.1 Å². The number of rotatable bonds is 6. The van der Waals surface area contributed by atoms with Crippen LogP contribution in [0.3, 0.4) is 0 Å². The third-order valence-corrected chi connectivity index (χ3v) is 5.74. The predicted octanol–water partition coefficient (Wildman–Crippen LogP) is 3.21. The first kappa shape index (κ1) is 17.6. The van der Waals surface area contributed by atoms with E-state index < -0.39 is 6.43 Å². The Hall–Kier alpha value is -1.83. The molecule has 0 aromatic carbocycles. The van der Waals surface area contributed by atoms with Crippen molar-refractivity contribution in [3.63, 3.8) is 0 Å². The van der Waals surface area contributed by atoms with Crippen molar-refractivity contribution in [2.45, 2.75) is 64.0 Å². The summed E-state index contributed by atoms with van der Waals surface area (Å²) in [5.74, 6) is 2.31. The van der Waals surface area contributed by atoms with Crippen LogP contribution in [0.5, 0.6) is 0 Å². The molecular formula is C18H25F2N5O. The van der Waals surface area contributed by atoms with Gasteiger partial charge in [0.15, 0.2) is 5.82 Å². The van der Waals surface area contributed by atoms with E-state index in [2.05, 4.69) is 29.0 Å². The van der Waals surface area contributed by atoms with Crippen LogP contribution in [0.2, 0.25) is 0 Å². The van der Waals surface area contributed by atoms with Crippen LogP contribution in [0.4, 0.5) is 8.78 Å². The maximum absolute atomic E-state index is 12.5. The molecule has 6 nitrogen and oxygen atoms in total. The number of aromatic nitrogens is 4. The second kappa shape index (κ2) is 6.72. The topological polar surface area (TPSA) is 60.0 Å². The number of nitrogens with zero attached hydrogens (tertiary/aromatic N) is 5. The van der Waals surface area contributed by atoms with Crippen molar-refractivity contribution in [3.8, 4) is 0 Å². The largest absolute Gasteiger partial charge is 0.339 e. The molecule has 0 spiro atoms. The highest BCUT2D eigenvalue weighted by Gasteiger charge is 2.54.